The molecule has 0 spiro atoms. The molecule has 2 aromatic heterocycles. The van der Waals surface area contributed by atoms with Crippen LogP contribution in [0.3, 0.4) is 0 Å². The first kappa shape index (κ1) is 21.0. The van der Waals surface area contributed by atoms with Crippen molar-refractivity contribution in [3.8, 4) is 22.7 Å². The van der Waals surface area contributed by atoms with Gasteiger partial charge >= 0.3 is 0 Å². The Kier molecular flexibility index (Phi) is 6.30. The zero-order valence-electron chi connectivity index (χ0n) is 17.8. The van der Waals surface area contributed by atoms with E-state index in [9.17, 15) is 0 Å². The van der Waals surface area contributed by atoms with Crippen molar-refractivity contribution in [1.29, 1.82) is 0 Å². The average molecular weight is 434 g/mol. The summed E-state index contributed by atoms with van der Waals surface area (Å²) in [6.45, 7) is 5.13. The summed E-state index contributed by atoms with van der Waals surface area (Å²) in [4.78, 5) is 9.00. The summed E-state index contributed by atoms with van der Waals surface area (Å²) in [5.41, 5.74) is 5.65. The Morgan fingerprint density at radius 1 is 0.968 bits per heavy atom. The van der Waals surface area contributed by atoms with Crippen molar-refractivity contribution in [2.45, 2.75) is 26.9 Å². The highest BCUT2D eigenvalue weighted by atomic mass is 35.5. The highest BCUT2D eigenvalue weighted by Crippen LogP contribution is 2.30. The molecule has 0 unspecified atom stereocenters. The number of nitrogens with one attached hydrogen (secondary N) is 1. The van der Waals surface area contributed by atoms with Gasteiger partial charge in [-0.05, 0) is 50.2 Å². The number of rotatable bonds is 7. The minimum absolute atomic E-state index is 0.568. The third-order valence-corrected chi connectivity index (χ3v) is 5.21. The molecule has 2 aromatic carbocycles. The standard InChI is InChI=1S/C24H24ClN5O/c1-16-12-17(2)28-23(27-16)14-26-13-18-15-30(19-8-10-20(31-3)11-9-19)29-24(18)21-6-4-5-7-22(21)25/h4-12,15,26H,13-14H2,1-3H3. The summed E-state index contributed by atoms with van der Waals surface area (Å²) in [5, 5.41) is 8.95. The number of hydrogen-bond donors (Lipinski definition) is 1. The number of ether oxygens (including phenoxy) is 1. The van der Waals surface area contributed by atoms with Crippen molar-refractivity contribution in [3.63, 3.8) is 0 Å². The maximum atomic E-state index is 6.48. The normalized spacial score (nSPS) is 11.0. The van der Waals surface area contributed by atoms with Crippen molar-refractivity contribution in [3.05, 3.63) is 88.6 Å². The maximum Gasteiger partial charge on any atom is 0.142 e. The van der Waals surface area contributed by atoms with Gasteiger partial charge in [0.15, 0.2) is 0 Å². The Balaban J connectivity index is 1.62. The number of hydrogen-bond acceptors (Lipinski definition) is 5. The summed E-state index contributed by atoms with van der Waals surface area (Å²) in [6.07, 6.45) is 2.02. The largest absolute Gasteiger partial charge is 0.497 e. The topological polar surface area (TPSA) is 64.9 Å². The molecule has 0 radical (unpaired) electrons. The molecule has 31 heavy (non-hydrogen) atoms. The van der Waals surface area contributed by atoms with Crippen molar-refractivity contribution < 1.29 is 4.74 Å². The van der Waals surface area contributed by atoms with Crippen LogP contribution in [-0.4, -0.2) is 26.9 Å². The molecule has 0 saturated carbocycles. The number of nitrogens with zero attached hydrogens (tertiary/aromatic N) is 4. The Labute approximate surface area is 186 Å². The van der Waals surface area contributed by atoms with Gasteiger partial charge in [0.25, 0.3) is 0 Å². The molecule has 0 bridgehead atoms. The van der Waals surface area contributed by atoms with E-state index >= 15 is 0 Å². The molecule has 0 amide bonds. The minimum Gasteiger partial charge on any atom is -0.497 e. The first-order chi connectivity index (χ1) is 15.0. The lowest BCUT2D eigenvalue weighted by Crippen LogP contribution is -2.16. The zero-order chi connectivity index (χ0) is 21.8. The van der Waals surface area contributed by atoms with Crippen LogP contribution in [-0.2, 0) is 13.1 Å². The van der Waals surface area contributed by atoms with Crippen LogP contribution in [0.15, 0.2) is 60.8 Å². The van der Waals surface area contributed by atoms with Crippen LogP contribution in [0.1, 0.15) is 22.8 Å². The van der Waals surface area contributed by atoms with Crippen molar-refractivity contribution in [2.24, 2.45) is 0 Å². The van der Waals surface area contributed by atoms with Crippen molar-refractivity contribution in [2.75, 3.05) is 7.11 Å². The van der Waals surface area contributed by atoms with Crippen LogP contribution < -0.4 is 10.1 Å². The van der Waals surface area contributed by atoms with Crippen LogP contribution in [0.2, 0.25) is 5.02 Å². The third-order valence-electron chi connectivity index (χ3n) is 4.88. The number of halogens is 1. The van der Waals surface area contributed by atoms with E-state index in [-0.39, 0.29) is 0 Å². The maximum absolute atomic E-state index is 6.48. The lowest BCUT2D eigenvalue weighted by molar-refractivity contribution is 0.414. The second kappa shape index (κ2) is 9.29. The van der Waals surface area contributed by atoms with Crippen molar-refractivity contribution >= 4 is 11.6 Å². The number of benzene rings is 2. The molecule has 4 rings (SSSR count). The first-order valence-corrected chi connectivity index (χ1v) is 10.4. The number of aromatic nitrogens is 4. The summed E-state index contributed by atoms with van der Waals surface area (Å²) in [5.74, 6) is 1.58. The minimum atomic E-state index is 0.568. The monoisotopic (exact) mass is 433 g/mol. The molecular weight excluding hydrogens is 410 g/mol. The zero-order valence-corrected chi connectivity index (χ0v) is 18.5. The van der Waals surface area contributed by atoms with Gasteiger partial charge in [0, 0.05) is 35.3 Å². The van der Waals surface area contributed by atoms with Crippen LogP contribution in [0.4, 0.5) is 0 Å². The summed E-state index contributed by atoms with van der Waals surface area (Å²) in [7, 11) is 1.65. The van der Waals surface area contributed by atoms with E-state index in [1.807, 2.05) is 79.3 Å². The molecule has 0 saturated heterocycles. The highest BCUT2D eigenvalue weighted by Gasteiger charge is 2.15. The van der Waals surface area contributed by atoms with Gasteiger partial charge in [-0.25, -0.2) is 14.6 Å². The molecular formula is C24H24ClN5O. The molecule has 0 aliphatic rings. The van der Waals surface area contributed by atoms with Gasteiger partial charge in [-0.1, -0.05) is 29.8 Å². The van der Waals surface area contributed by atoms with Crippen LogP contribution in [0.25, 0.3) is 16.9 Å². The van der Waals surface area contributed by atoms with Crippen LogP contribution >= 0.6 is 11.6 Å². The van der Waals surface area contributed by atoms with E-state index in [0.29, 0.717) is 18.1 Å². The van der Waals surface area contributed by atoms with Gasteiger partial charge in [-0.15, -0.1) is 0 Å². The summed E-state index contributed by atoms with van der Waals surface area (Å²) < 4.78 is 7.13. The molecule has 0 aliphatic heterocycles. The predicted octanol–water partition coefficient (Wildman–Crippen LogP) is 4.90. The molecule has 6 nitrogen and oxygen atoms in total. The molecule has 158 valence electrons. The van der Waals surface area contributed by atoms with E-state index in [0.717, 1.165) is 45.5 Å². The predicted molar refractivity (Wildman–Crippen MR) is 123 cm³/mol. The molecule has 7 heteroatoms. The van der Waals surface area contributed by atoms with E-state index in [2.05, 4.69) is 15.3 Å². The average Bonchev–Trinajstić information content (AvgIpc) is 3.17. The second-order valence-corrected chi connectivity index (χ2v) is 7.70. The van der Waals surface area contributed by atoms with E-state index in [1.165, 1.54) is 0 Å². The van der Waals surface area contributed by atoms with E-state index in [1.54, 1.807) is 7.11 Å². The smallest absolute Gasteiger partial charge is 0.142 e. The van der Waals surface area contributed by atoms with Gasteiger partial charge in [-0.2, -0.15) is 5.10 Å². The quantitative estimate of drug-likeness (QED) is 0.449. The SMILES string of the molecule is COc1ccc(-n2cc(CNCc3nc(C)cc(C)n3)c(-c3ccccc3Cl)n2)cc1. The fraction of sp³-hybridized carbons (Fsp3) is 0.208. The van der Waals surface area contributed by atoms with E-state index in [4.69, 9.17) is 21.4 Å². The fourth-order valence-corrected chi connectivity index (χ4v) is 3.70. The van der Waals surface area contributed by atoms with Gasteiger partial charge < -0.3 is 10.1 Å². The summed E-state index contributed by atoms with van der Waals surface area (Å²) >= 11 is 6.48. The Morgan fingerprint density at radius 3 is 2.35 bits per heavy atom. The van der Waals surface area contributed by atoms with Crippen molar-refractivity contribution in [1.82, 2.24) is 25.1 Å². The molecule has 4 aromatic rings. The Bertz CT molecular complexity index is 1170. The van der Waals surface area contributed by atoms with Gasteiger partial charge in [0.05, 0.1) is 30.1 Å². The molecule has 0 fully saturated rings. The lowest BCUT2D eigenvalue weighted by atomic mass is 10.1. The second-order valence-electron chi connectivity index (χ2n) is 7.30. The third kappa shape index (κ3) is 4.93. The Morgan fingerprint density at radius 2 is 1.68 bits per heavy atom. The van der Waals surface area contributed by atoms with Crippen LogP contribution in [0, 0.1) is 13.8 Å². The fourth-order valence-electron chi connectivity index (χ4n) is 3.47. The Hall–Kier alpha value is -3.22. The van der Waals surface area contributed by atoms with Gasteiger partial charge in [0.2, 0.25) is 0 Å². The van der Waals surface area contributed by atoms with Gasteiger partial charge in [0.1, 0.15) is 11.6 Å². The molecule has 0 atom stereocenters. The first-order valence-electron chi connectivity index (χ1n) is 10.0. The van der Waals surface area contributed by atoms with Gasteiger partial charge in [-0.3, -0.25) is 0 Å². The summed E-state index contributed by atoms with van der Waals surface area (Å²) in [6, 6.07) is 17.5. The number of methoxy groups -OCH3 is 1. The molecule has 2 heterocycles. The number of aryl methyl sites for hydroxylation is 2. The van der Waals surface area contributed by atoms with E-state index < -0.39 is 0 Å². The highest BCUT2D eigenvalue weighted by molar-refractivity contribution is 6.33. The molecule has 0 aliphatic carbocycles. The lowest BCUT2D eigenvalue weighted by Gasteiger charge is -2.07. The van der Waals surface area contributed by atoms with Crippen LogP contribution in [0.5, 0.6) is 5.75 Å². The molecule has 1 N–H and O–H groups in total.